The molecule has 0 saturated carbocycles. The fraction of sp³-hybridized carbons (Fsp3) is 0.500. The monoisotopic (exact) mass is 321 g/mol. The van der Waals surface area contributed by atoms with Crippen LogP contribution >= 0.6 is 11.6 Å². The molecule has 9 nitrogen and oxygen atoms in total. The smallest absolute Gasteiger partial charge is 0.226 e. The summed E-state index contributed by atoms with van der Waals surface area (Å²) in [5, 5.41) is 23.3. The molecule has 1 aromatic heterocycles. The number of hydrogen-bond acceptors (Lipinski definition) is 8. The SMILES string of the molecule is Nc1nc(Cl)nc(N[C@H]2OC[C@@H](O)[C@@H](O)[C@@H]2F)c1NC=O. The number of halogens is 2. The number of aromatic nitrogens is 2. The number of nitrogens with zero attached hydrogens (tertiary/aromatic N) is 2. The minimum absolute atomic E-state index is 0.00851. The lowest BCUT2D eigenvalue weighted by Gasteiger charge is -2.34. The minimum Gasteiger partial charge on any atom is -0.388 e. The Morgan fingerprint density at radius 2 is 2.19 bits per heavy atom. The third-order valence-corrected chi connectivity index (χ3v) is 3.02. The topological polar surface area (TPSA) is 143 Å². The third kappa shape index (κ3) is 3.29. The van der Waals surface area contributed by atoms with E-state index in [1.807, 2.05) is 0 Å². The molecular formula is C10H13ClFN5O4. The van der Waals surface area contributed by atoms with E-state index in [0.29, 0.717) is 6.41 Å². The number of rotatable bonds is 4. The zero-order chi connectivity index (χ0) is 15.6. The van der Waals surface area contributed by atoms with Gasteiger partial charge in [-0.3, -0.25) is 4.79 Å². The van der Waals surface area contributed by atoms with Gasteiger partial charge in [-0.2, -0.15) is 9.97 Å². The number of anilines is 3. The van der Waals surface area contributed by atoms with Crippen molar-refractivity contribution in [3.8, 4) is 0 Å². The first kappa shape index (κ1) is 15.6. The molecule has 1 amide bonds. The number of hydrogen-bond donors (Lipinski definition) is 5. The van der Waals surface area contributed by atoms with Crippen LogP contribution in [-0.4, -0.2) is 57.8 Å². The van der Waals surface area contributed by atoms with Crippen LogP contribution in [0.5, 0.6) is 0 Å². The number of carbonyl (C=O) groups excluding carboxylic acids is 1. The molecule has 2 heterocycles. The van der Waals surface area contributed by atoms with Crippen molar-refractivity contribution >= 4 is 35.3 Å². The highest BCUT2D eigenvalue weighted by molar-refractivity contribution is 6.28. The van der Waals surface area contributed by atoms with E-state index in [1.54, 1.807) is 0 Å². The molecule has 1 saturated heterocycles. The molecule has 11 heteroatoms. The number of nitrogen functional groups attached to an aromatic ring is 1. The van der Waals surface area contributed by atoms with Crippen molar-refractivity contribution in [1.82, 2.24) is 9.97 Å². The quantitative estimate of drug-likeness (QED) is 0.355. The molecule has 2 rings (SSSR count). The van der Waals surface area contributed by atoms with Gasteiger partial charge in [0.1, 0.15) is 17.9 Å². The van der Waals surface area contributed by atoms with Crippen molar-refractivity contribution in [2.75, 3.05) is 23.0 Å². The average molecular weight is 322 g/mol. The summed E-state index contributed by atoms with van der Waals surface area (Å²) in [5.41, 5.74) is 5.57. The van der Waals surface area contributed by atoms with Crippen LogP contribution in [0.3, 0.4) is 0 Å². The number of nitrogens with two attached hydrogens (primary N) is 1. The Labute approximate surface area is 123 Å². The Balaban J connectivity index is 2.24. The van der Waals surface area contributed by atoms with Crippen LogP contribution in [0, 0.1) is 0 Å². The Kier molecular flexibility index (Phi) is 4.73. The van der Waals surface area contributed by atoms with Crippen molar-refractivity contribution in [1.29, 1.82) is 0 Å². The van der Waals surface area contributed by atoms with Crippen LogP contribution < -0.4 is 16.4 Å². The van der Waals surface area contributed by atoms with Gasteiger partial charge in [0, 0.05) is 0 Å². The van der Waals surface area contributed by atoms with E-state index in [9.17, 15) is 19.4 Å². The third-order valence-electron chi connectivity index (χ3n) is 2.85. The molecule has 21 heavy (non-hydrogen) atoms. The van der Waals surface area contributed by atoms with Gasteiger partial charge in [0.15, 0.2) is 24.0 Å². The molecular weight excluding hydrogens is 309 g/mol. The van der Waals surface area contributed by atoms with Gasteiger partial charge in [0.25, 0.3) is 0 Å². The normalized spacial score (nSPS) is 29.0. The van der Waals surface area contributed by atoms with E-state index in [4.69, 9.17) is 22.1 Å². The summed E-state index contributed by atoms with van der Waals surface area (Å²) in [4.78, 5) is 18.0. The van der Waals surface area contributed by atoms with E-state index >= 15 is 0 Å². The Morgan fingerprint density at radius 3 is 2.86 bits per heavy atom. The van der Waals surface area contributed by atoms with E-state index in [2.05, 4.69) is 20.6 Å². The number of nitrogens with one attached hydrogen (secondary N) is 2. The highest BCUT2D eigenvalue weighted by Gasteiger charge is 2.39. The molecule has 116 valence electrons. The summed E-state index contributed by atoms with van der Waals surface area (Å²) in [7, 11) is 0. The molecule has 0 spiro atoms. The predicted molar refractivity (Wildman–Crippen MR) is 71.4 cm³/mol. The van der Waals surface area contributed by atoms with Gasteiger partial charge in [-0.25, -0.2) is 4.39 Å². The van der Waals surface area contributed by atoms with E-state index in [1.165, 1.54) is 0 Å². The van der Waals surface area contributed by atoms with Crippen LogP contribution in [0.25, 0.3) is 0 Å². The maximum atomic E-state index is 13.9. The van der Waals surface area contributed by atoms with E-state index in [0.717, 1.165) is 0 Å². The van der Waals surface area contributed by atoms with Gasteiger partial charge < -0.3 is 31.3 Å². The zero-order valence-electron chi connectivity index (χ0n) is 10.5. The lowest BCUT2D eigenvalue weighted by molar-refractivity contribution is -0.155. The highest BCUT2D eigenvalue weighted by atomic mass is 35.5. The van der Waals surface area contributed by atoms with Gasteiger partial charge in [-0.05, 0) is 11.6 Å². The molecule has 0 aromatic carbocycles. The van der Waals surface area contributed by atoms with Crippen LogP contribution in [-0.2, 0) is 9.53 Å². The summed E-state index contributed by atoms with van der Waals surface area (Å²) in [6.07, 6.45) is -5.84. The van der Waals surface area contributed by atoms with Gasteiger partial charge in [-0.1, -0.05) is 0 Å². The van der Waals surface area contributed by atoms with Crippen LogP contribution in [0.15, 0.2) is 0 Å². The Hall–Kier alpha value is -1.75. The zero-order valence-corrected chi connectivity index (χ0v) is 11.3. The molecule has 4 atom stereocenters. The van der Waals surface area contributed by atoms with E-state index in [-0.39, 0.29) is 29.2 Å². The second kappa shape index (κ2) is 6.35. The van der Waals surface area contributed by atoms with Crippen molar-refractivity contribution in [2.45, 2.75) is 24.6 Å². The van der Waals surface area contributed by atoms with Crippen LogP contribution in [0.1, 0.15) is 0 Å². The maximum Gasteiger partial charge on any atom is 0.226 e. The molecule has 1 fully saturated rings. The lowest BCUT2D eigenvalue weighted by atomic mass is 10.1. The molecule has 0 bridgehead atoms. The minimum atomic E-state index is -1.92. The fourth-order valence-electron chi connectivity index (χ4n) is 1.80. The molecule has 0 unspecified atom stereocenters. The van der Waals surface area contributed by atoms with Gasteiger partial charge in [-0.15, -0.1) is 0 Å². The summed E-state index contributed by atoms with van der Waals surface area (Å²) in [6, 6.07) is 0. The highest BCUT2D eigenvalue weighted by Crippen LogP contribution is 2.29. The molecule has 1 aliphatic rings. The Bertz CT molecular complexity index is 536. The largest absolute Gasteiger partial charge is 0.388 e. The van der Waals surface area contributed by atoms with Crippen molar-refractivity contribution in [2.24, 2.45) is 0 Å². The standard InChI is InChI=1S/C10H13ClFN5O4/c11-10-15-7(13)5(14-2-18)8(17-10)16-9-4(12)6(20)3(19)1-21-9/h2-4,6,9,19-20H,1H2,(H,14,18)(H3,13,15,16,17)/t3-,4+,6-,9+/m1/s1. The molecule has 6 N–H and O–H groups in total. The van der Waals surface area contributed by atoms with E-state index < -0.39 is 24.6 Å². The van der Waals surface area contributed by atoms with Crippen molar-refractivity contribution < 1.29 is 24.1 Å². The number of aliphatic hydroxyl groups excluding tert-OH is 2. The predicted octanol–water partition coefficient (Wildman–Crippen LogP) is -0.891. The maximum absolute atomic E-state index is 13.9. The first-order chi connectivity index (χ1) is 9.93. The number of carbonyl (C=O) groups is 1. The van der Waals surface area contributed by atoms with Crippen molar-refractivity contribution in [3.63, 3.8) is 0 Å². The summed E-state index contributed by atoms with van der Waals surface area (Å²) < 4.78 is 18.9. The molecule has 0 aliphatic carbocycles. The first-order valence-electron chi connectivity index (χ1n) is 5.85. The molecule has 0 radical (unpaired) electrons. The van der Waals surface area contributed by atoms with Crippen molar-refractivity contribution in [3.05, 3.63) is 5.28 Å². The second-order valence-electron chi connectivity index (χ2n) is 4.26. The van der Waals surface area contributed by atoms with Crippen LogP contribution in [0.4, 0.5) is 21.7 Å². The fourth-order valence-corrected chi connectivity index (χ4v) is 1.97. The van der Waals surface area contributed by atoms with Gasteiger partial charge >= 0.3 is 0 Å². The van der Waals surface area contributed by atoms with Gasteiger partial charge in [0.2, 0.25) is 11.7 Å². The molecule has 1 aromatic rings. The summed E-state index contributed by atoms with van der Waals surface area (Å²) in [6.45, 7) is -0.274. The average Bonchev–Trinajstić information content (AvgIpc) is 2.43. The number of alkyl halides is 1. The first-order valence-corrected chi connectivity index (χ1v) is 6.23. The number of aliphatic hydroxyl groups is 2. The number of amides is 1. The summed E-state index contributed by atoms with van der Waals surface area (Å²) >= 11 is 5.65. The molecule has 1 aliphatic heterocycles. The van der Waals surface area contributed by atoms with Crippen LogP contribution in [0.2, 0.25) is 5.28 Å². The Morgan fingerprint density at radius 1 is 1.48 bits per heavy atom. The number of ether oxygens (including phenoxy) is 1. The van der Waals surface area contributed by atoms with Gasteiger partial charge in [0.05, 0.1) is 6.61 Å². The lowest BCUT2D eigenvalue weighted by Crippen LogP contribution is -2.53. The summed E-state index contributed by atoms with van der Waals surface area (Å²) in [5.74, 6) is -0.202. The second-order valence-corrected chi connectivity index (χ2v) is 4.60.